The van der Waals surface area contributed by atoms with Gasteiger partial charge >= 0.3 is 0 Å². The molecule has 19 heavy (non-hydrogen) atoms. The van der Waals surface area contributed by atoms with Crippen LogP contribution in [0, 0.1) is 0 Å². The average molecular weight is 266 g/mol. The molecule has 0 spiro atoms. The number of aliphatic hydroxyl groups excluding tert-OH is 1. The molecule has 0 radical (unpaired) electrons. The standard InChI is InChI=1S/C11H18N6O2/c1-19-7-8(2-5-18)14-10-11-13-3-4-17(11)6-9(15-10)16-12/h3-4,6,8,16,18H,2,5,7,12H2,1H3,(H,14,15). The molecule has 0 fully saturated rings. The number of imidazole rings is 1. The second-order valence-electron chi connectivity index (χ2n) is 4.09. The lowest BCUT2D eigenvalue weighted by molar-refractivity contribution is 0.170. The summed E-state index contributed by atoms with van der Waals surface area (Å²) in [6.45, 7) is 0.538. The number of anilines is 2. The predicted molar refractivity (Wildman–Crippen MR) is 71.8 cm³/mol. The number of hydrazine groups is 1. The number of hydrogen-bond donors (Lipinski definition) is 4. The van der Waals surface area contributed by atoms with E-state index in [9.17, 15) is 0 Å². The molecule has 8 nitrogen and oxygen atoms in total. The number of aliphatic hydroxyl groups is 1. The number of hydrogen-bond acceptors (Lipinski definition) is 7. The number of nitrogen functional groups attached to an aromatic ring is 1. The molecular weight excluding hydrogens is 248 g/mol. The van der Waals surface area contributed by atoms with Crippen LogP contribution in [0.5, 0.6) is 0 Å². The minimum Gasteiger partial charge on any atom is -0.396 e. The summed E-state index contributed by atoms with van der Waals surface area (Å²) in [5.74, 6) is 6.50. The van der Waals surface area contributed by atoms with Gasteiger partial charge in [-0.05, 0) is 6.42 Å². The zero-order chi connectivity index (χ0) is 13.7. The van der Waals surface area contributed by atoms with Gasteiger partial charge in [-0.3, -0.25) is 0 Å². The van der Waals surface area contributed by atoms with Gasteiger partial charge in [-0.2, -0.15) is 0 Å². The molecule has 2 aromatic heterocycles. The van der Waals surface area contributed by atoms with E-state index in [1.165, 1.54) is 0 Å². The Hall–Kier alpha value is -1.90. The molecule has 2 heterocycles. The van der Waals surface area contributed by atoms with E-state index >= 15 is 0 Å². The Bertz CT molecular complexity index is 523. The van der Waals surface area contributed by atoms with Gasteiger partial charge in [0.15, 0.2) is 17.3 Å². The number of nitrogens with zero attached hydrogens (tertiary/aromatic N) is 3. The minimum atomic E-state index is -0.0453. The van der Waals surface area contributed by atoms with Gasteiger partial charge in [-0.1, -0.05) is 0 Å². The van der Waals surface area contributed by atoms with Crippen molar-refractivity contribution in [3.63, 3.8) is 0 Å². The number of fused-ring (bicyclic) bond motifs is 1. The van der Waals surface area contributed by atoms with Gasteiger partial charge in [0.05, 0.1) is 18.8 Å². The third-order valence-electron chi connectivity index (χ3n) is 2.71. The molecular formula is C11H18N6O2. The summed E-state index contributed by atoms with van der Waals surface area (Å²) >= 11 is 0. The number of nitrogens with two attached hydrogens (primary N) is 1. The lowest BCUT2D eigenvalue weighted by atomic mass is 10.2. The number of methoxy groups -OCH3 is 1. The zero-order valence-corrected chi connectivity index (χ0v) is 10.7. The highest BCUT2D eigenvalue weighted by molar-refractivity contribution is 5.65. The highest BCUT2D eigenvalue weighted by atomic mass is 16.5. The van der Waals surface area contributed by atoms with Crippen molar-refractivity contribution >= 4 is 17.3 Å². The van der Waals surface area contributed by atoms with Crippen molar-refractivity contribution in [2.24, 2.45) is 5.84 Å². The summed E-state index contributed by atoms with van der Waals surface area (Å²) < 4.78 is 6.92. The van der Waals surface area contributed by atoms with E-state index in [0.29, 0.717) is 30.3 Å². The fourth-order valence-corrected chi connectivity index (χ4v) is 1.85. The third kappa shape index (κ3) is 3.11. The minimum absolute atomic E-state index is 0.0453. The van der Waals surface area contributed by atoms with Gasteiger partial charge in [-0.15, -0.1) is 0 Å². The average Bonchev–Trinajstić information content (AvgIpc) is 2.87. The second kappa shape index (κ2) is 6.32. The normalized spacial score (nSPS) is 12.6. The summed E-state index contributed by atoms with van der Waals surface area (Å²) in [4.78, 5) is 8.56. The van der Waals surface area contributed by atoms with Gasteiger partial charge in [0.1, 0.15) is 0 Å². The molecule has 2 aromatic rings. The molecule has 0 saturated carbocycles. The predicted octanol–water partition coefficient (Wildman–Crippen LogP) is -0.176. The third-order valence-corrected chi connectivity index (χ3v) is 2.71. The van der Waals surface area contributed by atoms with Crippen LogP contribution in [0.1, 0.15) is 6.42 Å². The molecule has 0 amide bonds. The van der Waals surface area contributed by atoms with Crippen molar-refractivity contribution in [1.82, 2.24) is 14.4 Å². The van der Waals surface area contributed by atoms with E-state index < -0.39 is 0 Å². The fourth-order valence-electron chi connectivity index (χ4n) is 1.85. The second-order valence-corrected chi connectivity index (χ2v) is 4.09. The Morgan fingerprint density at radius 2 is 2.42 bits per heavy atom. The SMILES string of the molecule is COCC(CCO)Nc1nc(NN)cn2ccnc12. The van der Waals surface area contributed by atoms with Crippen LogP contribution in [0.15, 0.2) is 18.6 Å². The first-order valence-electron chi connectivity index (χ1n) is 5.95. The summed E-state index contributed by atoms with van der Waals surface area (Å²) in [7, 11) is 1.61. The smallest absolute Gasteiger partial charge is 0.180 e. The van der Waals surface area contributed by atoms with Crippen LogP contribution in [-0.2, 0) is 4.74 Å². The maximum absolute atomic E-state index is 9.05. The van der Waals surface area contributed by atoms with E-state index in [1.54, 1.807) is 25.7 Å². The maximum atomic E-state index is 9.05. The van der Waals surface area contributed by atoms with Gasteiger partial charge in [-0.25, -0.2) is 15.8 Å². The Labute approximate surface area is 110 Å². The fraction of sp³-hybridized carbons (Fsp3) is 0.455. The summed E-state index contributed by atoms with van der Waals surface area (Å²) in [5.41, 5.74) is 3.20. The lowest BCUT2D eigenvalue weighted by Crippen LogP contribution is -2.27. The molecule has 8 heteroatoms. The zero-order valence-electron chi connectivity index (χ0n) is 10.7. The quantitative estimate of drug-likeness (QED) is 0.406. The summed E-state index contributed by atoms with van der Waals surface area (Å²) in [5, 5.41) is 12.3. The van der Waals surface area contributed by atoms with E-state index in [0.717, 1.165) is 0 Å². The molecule has 0 aliphatic carbocycles. The van der Waals surface area contributed by atoms with Crippen LogP contribution < -0.4 is 16.6 Å². The van der Waals surface area contributed by atoms with Crippen molar-refractivity contribution in [2.45, 2.75) is 12.5 Å². The Morgan fingerprint density at radius 1 is 1.58 bits per heavy atom. The van der Waals surface area contributed by atoms with Gasteiger partial charge < -0.3 is 25.0 Å². The van der Waals surface area contributed by atoms with Crippen molar-refractivity contribution in [2.75, 3.05) is 31.1 Å². The number of aromatic nitrogens is 3. The van der Waals surface area contributed by atoms with Crippen LogP contribution >= 0.6 is 0 Å². The van der Waals surface area contributed by atoms with E-state index in [4.69, 9.17) is 15.7 Å². The molecule has 104 valence electrons. The Kier molecular flexibility index (Phi) is 4.50. The monoisotopic (exact) mass is 266 g/mol. The van der Waals surface area contributed by atoms with Crippen LogP contribution in [-0.4, -0.2) is 45.8 Å². The number of rotatable bonds is 7. The highest BCUT2D eigenvalue weighted by Gasteiger charge is 2.13. The molecule has 0 aliphatic heterocycles. The van der Waals surface area contributed by atoms with Crippen molar-refractivity contribution in [3.8, 4) is 0 Å². The molecule has 0 saturated heterocycles. The molecule has 5 N–H and O–H groups in total. The van der Waals surface area contributed by atoms with Crippen LogP contribution in [0.3, 0.4) is 0 Å². The van der Waals surface area contributed by atoms with Crippen LogP contribution in [0.25, 0.3) is 5.65 Å². The maximum Gasteiger partial charge on any atom is 0.180 e. The van der Waals surface area contributed by atoms with E-state index in [-0.39, 0.29) is 12.6 Å². The molecule has 0 aliphatic rings. The first-order chi connectivity index (χ1) is 9.28. The molecule has 1 atom stereocenters. The largest absolute Gasteiger partial charge is 0.396 e. The van der Waals surface area contributed by atoms with Crippen molar-refractivity contribution < 1.29 is 9.84 Å². The number of ether oxygens (including phenoxy) is 1. The molecule has 0 bridgehead atoms. The van der Waals surface area contributed by atoms with E-state index in [1.807, 2.05) is 4.40 Å². The molecule has 1 unspecified atom stereocenters. The summed E-state index contributed by atoms with van der Waals surface area (Å²) in [6.07, 6.45) is 5.79. The Morgan fingerprint density at radius 3 is 3.11 bits per heavy atom. The highest BCUT2D eigenvalue weighted by Crippen LogP contribution is 2.17. The Balaban J connectivity index is 2.28. The molecule has 0 aromatic carbocycles. The van der Waals surface area contributed by atoms with Crippen molar-refractivity contribution in [1.29, 1.82) is 0 Å². The summed E-state index contributed by atoms with van der Waals surface area (Å²) in [6, 6.07) is -0.0453. The van der Waals surface area contributed by atoms with E-state index in [2.05, 4.69) is 20.7 Å². The van der Waals surface area contributed by atoms with Crippen LogP contribution in [0.2, 0.25) is 0 Å². The number of nitrogens with one attached hydrogen (secondary N) is 2. The first kappa shape index (κ1) is 13.5. The topological polar surface area (TPSA) is 110 Å². The van der Waals surface area contributed by atoms with Gasteiger partial charge in [0.2, 0.25) is 0 Å². The first-order valence-corrected chi connectivity index (χ1v) is 5.95. The van der Waals surface area contributed by atoms with Gasteiger partial charge in [0.25, 0.3) is 0 Å². The van der Waals surface area contributed by atoms with Crippen molar-refractivity contribution in [3.05, 3.63) is 18.6 Å². The molecule has 2 rings (SSSR count). The van der Waals surface area contributed by atoms with Crippen LogP contribution in [0.4, 0.5) is 11.6 Å². The lowest BCUT2D eigenvalue weighted by Gasteiger charge is -2.18. The van der Waals surface area contributed by atoms with Gasteiger partial charge in [0, 0.05) is 26.1 Å².